The van der Waals surface area contributed by atoms with E-state index < -0.39 is 18.1 Å². The highest BCUT2D eigenvalue weighted by Crippen LogP contribution is 2.50. The molecule has 7 nitrogen and oxygen atoms in total. The predicted octanol–water partition coefficient (Wildman–Crippen LogP) is 6.06. The molecule has 2 unspecified atom stereocenters. The molecule has 2 bridgehead atoms. The van der Waals surface area contributed by atoms with Crippen LogP contribution in [0.25, 0.3) is 11.5 Å². The summed E-state index contributed by atoms with van der Waals surface area (Å²) in [6.45, 7) is 6.62. The minimum absolute atomic E-state index is 0.0693. The van der Waals surface area contributed by atoms with Crippen molar-refractivity contribution in [3.8, 4) is 11.5 Å². The van der Waals surface area contributed by atoms with Crippen LogP contribution in [0.5, 0.6) is 0 Å². The fraction of sp³-hybridized carbons (Fsp3) is 0.667. The largest absolute Gasteiger partial charge is 0.415 e. The van der Waals surface area contributed by atoms with Gasteiger partial charge in [-0.1, -0.05) is 19.9 Å². The summed E-state index contributed by atoms with van der Waals surface area (Å²) >= 11 is 0. The molecule has 2 saturated carbocycles. The number of benzene rings is 1. The molecule has 37 heavy (non-hydrogen) atoms. The van der Waals surface area contributed by atoms with Crippen LogP contribution < -0.4 is 0 Å². The number of amides is 2. The van der Waals surface area contributed by atoms with E-state index in [9.17, 15) is 13.6 Å². The van der Waals surface area contributed by atoms with Crippen molar-refractivity contribution >= 4 is 6.03 Å². The van der Waals surface area contributed by atoms with Crippen molar-refractivity contribution in [1.29, 1.82) is 0 Å². The molecule has 1 aromatic carbocycles. The van der Waals surface area contributed by atoms with Crippen LogP contribution in [0.15, 0.2) is 22.6 Å². The van der Waals surface area contributed by atoms with Gasteiger partial charge in [-0.25, -0.2) is 9.18 Å². The van der Waals surface area contributed by atoms with Gasteiger partial charge in [0.15, 0.2) is 0 Å². The monoisotopic (exact) mass is 520 g/mol. The topological polar surface area (TPSA) is 71.7 Å². The maximum Gasteiger partial charge on any atom is 0.320 e. The smallest absolute Gasteiger partial charge is 0.320 e. The van der Waals surface area contributed by atoms with Crippen molar-refractivity contribution in [2.75, 3.05) is 26.3 Å². The first-order valence-corrected chi connectivity index (χ1v) is 13.3. The minimum Gasteiger partial charge on any atom is -0.415 e. The summed E-state index contributed by atoms with van der Waals surface area (Å²) in [5.41, 5.74) is 0.251. The number of rotatable bonds is 6. The number of ether oxygens (including phenoxy) is 1. The van der Waals surface area contributed by atoms with E-state index in [1.54, 1.807) is 12.1 Å². The molecule has 5 rings (SSSR count). The molecule has 3 aliphatic rings. The number of nitrogens with zero attached hydrogens (tertiary/aromatic N) is 4. The van der Waals surface area contributed by atoms with Gasteiger partial charge in [0.2, 0.25) is 5.89 Å². The van der Waals surface area contributed by atoms with Crippen molar-refractivity contribution in [3.63, 3.8) is 0 Å². The fourth-order valence-corrected chi connectivity index (χ4v) is 6.87. The number of urea groups is 1. The van der Waals surface area contributed by atoms with Crippen LogP contribution >= 0.6 is 0 Å². The van der Waals surface area contributed by atoms with Crippen LogP contribution in [0.2, 0.25) is 0 Å². The molecular weight excluding hydrogens is 485 g/mol. The first kappa shape index (κ1) is 26.0. The number of hydrogen-bond acceptors (Lipinski definition) is 5. The molecule has 2 atom stereocenters. The van der Waals surface area contributed by atoms with E-state index in [-0.39, 0.29) is 29.6 Å². The van der Waals surface area contributed by atoms with E-state index in [1.807, 2.05) is 9.80 Å². The van der Waals surface area contributed by atoms with Gasteiger partial charge in [0, 0.05) is 29.8 Å². The van der Waals surface area contributed by atoms with Crippen molar-refractivity contribution in [2.24, 2.45) is 17.8 Å². The van der Waals surface area contributed by atoms with Gasteiger partial charge in [0.1, 0.15) is 5.82 Å². The maximum absolute atomic E-state index is 15.4. The third-order valence-electron chi connectivity index (χ3n) is 8.47. The highest BCUT2D eigenvalue weighted by Gasteiger charge is 2.48. The van der Waals surface area contributed by atoms with E-state index in [1.165, 1.54) is 25.3 Å². The van der Waals surface area contributed by atoms with Gasteiger partial charge in [0.05, 0.1) is 19.8 Å². The Morgan fingerprint density at radius 2 is 1.86 bits per heavy atom. The van der Waals surface area contributed by atoms with E-state index in [4.69, 9.17) is 9.15 Å². The van der Waals surface area contributed by atoms with Crippen LogP contribution in [0.3, 0.4) is 0 Å². The van der Waals surface area contributed by atoms with Crippen LogP contribution in [-0.4, -0.2) is 57.9 Å². The molecule has 2 amide bonds. The number of halogens is 3. The summed E-state index contributed by atoms with van der Waals surface area (Å²) < 4.78 is 51.6. The normalized spacial score (nSPS) is 27.9. The minimum atomic E-state index is -2.90. The van der Waals surface area contributed by atoms with Crippen LogP contribution in [0, 0.1) is 23.6 Å². The molecule has 3 fully saturated rings. The van der Waals surface area contributed by atoms with Crippen molar-refractivity contribution in [2.45, 2.75) is 70.9 Å². The number of carbonyl (C=O) groups excluding carboxylic acids is 1. The number of morpholine rings is 1. The lowest BCUT2D eigenvalue weighted by molar-refractivity contribution is -0.0242. The van der Waals surface area contributed by atoms with Gasteiger partial charge in [-0.15, -0.1) is 10.2 Å². The molecule has 2 heterocycles. The first-order valence-electron chi connectivity index (χ1n) is 13.3. The lowest BCUT2D eigenvalue weighted by Gasteiger charge is -2.54. The van der Waals surface area contributed by atoms with Gasteiger partial charge in [0.25, 0.3) is 5.89 Å². The zero-order valence-corrected chi connectivity index (χ0v) is 21.5. The third kappa shape index (κ3) is 5.35. The molecule has 0 spiro atoms. The second kappa shape index (κ2) is 10.6. The Hall–Kier alpha value is -2.62. The average Bonchev–Trinajstić information content (AvgIpc) is 3.38. The summed E-state index contributed by atoms with van der Waals surface area (Å²) in [6.07, 6.45) is 3.32. The second-order valence-electron chi connectivity index (χ2n) is 11.1. The Morgan fingerprint density at radius 1 is 1.16 bits per heavy atom. The molecule has 1 saturated heterocycles. The van der Waals surface area contributed by atoms with Gasteiger partial charge in [-0.05, 0) is 68.4 Å². The highest BCUT2D eigenvalue weighted by atomic mass is 19.3. The molecule has 0 radical (unpaired) electrons. The van der Waals surface area contributed by atoms with Gasteiger partial charge in [-0.2, -0.15) is 8.78 Å². The predicted molar refractivity (Wildman–Crippen MR) is 130 cm³/mol. The quantitative estimate of drug-likeness (QED) is 0.463. The first-order chi connectivity index (χ1) is 17.8. The summed E-state index contributed by atoms with van der Waals surface area (Å²) in [4.78, 5) is 17.7. The Labute approximate surface area is 215 Å². The summed E-state index contributed by atoms with van der Waals surface area (Å²) in [6, 6.07) is 4.31. The van der Waals surface area contributed by atoms with E-state index in [0.717, 1.165) is 19.3 Å². The number of fused-ring (bicyclic) bond motifs is 2. The zero-order chi connectivity index (χ0) is 26.2. The van der Waals surface area contributed by atoms with E-state index in [2.05, 4.69) is 24.0 Å². The molecule has 1 aliphatic heterocycles. The molecule has 1 aromatic heterocycles. The Kier molecular flexibility index (Phi) is 7.47. The van der Waals surface area contributed by atoms with Gasteiger partial charge < -0.3 is 19.0 Å². The van der Waals surface area contributed by atoms with E-state index >= 15 is 4.39 Å². The average molecular weight is 521 g/mol. The van der Waals surface area contributed by atoms with Gasteiger partial charge >= 0.3 is 12.5 Å². The SMILES string of the molecule is CCC1(N(Cc2ccc(-c3nnc(C(F)F)o3)cc2F)C(=O)N2CCOCC2)CC2CC(C)CC(C2)C1. The molecule has 202 valence electrons. The van der Waals surface area contributed by atoms with Gasteiger partial charge in [-0.3, -0.25) is 0 Å². The number of alkyl halides is 2. The fourth-order valence-electron chi connectivity index (χ4n) is 6.87. The Bertz CT molecular complexity index is 1090. The lowest BCUT2D eigenvalue weighted by atomic mass is 9.61. The molecule has 0 N–H and O–H groups in total. The Morgan fingerprint density at radius 3 is 2.46 bits per heavy atom. The van der Waals surface area contributed by atoms with Crippen molar-refractivity contribution < 1.29 is 27.1 Å². The summed E-state index contributed by atoms with van der Waals surface area (Å²) in [5.74, 6) is 0.324. The zero-order valence-electron chi connectivity index (χ0n) is 21.5. The molecular formula is C27H35F3N4O3. The van der Waals surface area contributed by atoms with Crippen LogP contribution in [0.1, 0.15) is 70.3 Å². The Balaban J connectivity index is 1.45. The molecule has 2 aromatic rings. The number of carbonyl (C=O) groups is 1. The summed E-state index contributed by atoms with van der Waals surface area (Å²) in [7, 11) is 0. The van der Waals surface area contributed by atoms with Crippen molar-refractivity contribution in [1.82, 2.24) is 20.0 Å². The van der Waals surface area contributed by atoms with Crippen LogP contribution in [-0.2, 0) is 11.3 Å². The lowest BCUT2D eigenvalue weighted by Crippen LogP contribution is -2.60. The van der Waals surface area contributed by atoms with Crippen LogP contribution in [0.4, 0.5) is 18.0 Å². The number of hydrogen-bond donors (Lipinski definition) is 0. The second-order valence-corrected chi connectivity index (χ2v) is 11.1. The van der Waals surface area contributed by atoms with E-state index in [0.29, 0.717) is 49.6 Å². The standard InChI is InChI=1S/C27H35F3N4O3/c1-3-27(14-18-10-17(2)11-19(12-18)15-27)34(26(35)33-6-8-36-9-7-33)16-21-5-4-20(13-22(21)28)24-31-32-25(37-24)23(29)30/h4-5,13,17-19,23H,3,6-12,14-16H2,1-2H3. The molecule has 2 aliphatic carbocycles. The third-order valence-corrected chi connectivity index (χ3v) is 8.47. The number of aromatic nitrogens is 2. The summed E-state index contributed by atoms with van der Waals surface area (Å²) in [5, 5.41) is 6.94. The van der Waals surface area contributed by atoms with Crippen molar-refractivity contribution in [3.05, 3.63) is 35.5 Å². The molecule has 10 heteroatoms. The highest BCUT2D eigenvalue weighted by molar-refractivity contribution is 5.75. The maximum atomic E-state index is 15.4.